The Balaban J connectivity index is 2.59. The van der Waals surface area contributed by atoms with Crippen molar-refractivity contribution in [3.63, 3.8) is 0 Å². The Morgan fingerprint density at radius 3 is 2.81 bits per heavy atom. The van der Waals surface area contributed by atoms with Crippen LogP contribution in [0.25, 0.3) is 5.69 Å². The van der Waals surface area contributed by atoms with Gasteiger partial charge in [-0.3, -0.25) is 0 Å². The van der Waals surface area contributed by atoms with Gasteiger partial charge in [-0.05, 0) is 19.1 Å². The van der Waals surface area contributed by atoms with Gasteiger partial charge in [-0.2, -0.15) is 5.10 Å². The fourth-order valence-corrected chi connectivity index (χ4v) is 2.14. The van der Waals surface area contributed by atoms with Crippen LogP contribution in [0, 0.1) is 12.7 Å². The highest BCUT2D eigenvalue weighted by Gasteiger charge is 2.11. The Morgan fingerprint density at radius 1 is 1.50 bits per heavy atom. The van der Waals surface area contributed by atoms with Crippen LogP contribution in [0.1, 0.15) is 11.3 Å². The Kier molecular flexibility index (Phi) is 3.30. The van der Waals surface area contributed by atoms with E-state index >= 15 is 0 Å². The molecule has 1 aromatic carbocycles. The van der Waals surface area contributed by atoms with Crippen LogP contribution in [0.2, 0.25) is 5.02 Å². The number of nitrogens with zero attached hydrogens (tertiary/aromatic N) is 2. The first kappa shape index (κ1) is 11.6. The van der Waals surface area contributed by atoms with E-state index in [0.29, 0.717) is 21.6 Å². The maximum Gasteiger partial charge on any atom is 0.129 e. The normalized spacial score (nSPS) is 10.8. The standard InChI is InChI=1S/C11H9BrClFN2/c1-7-9(13)6-16(15-7)11-4-2-3-10(14)8(11)5-12/h2-4,6H,5H2,1H3. The molecule has 0 aliphatic rings. The molecule has 0 N–H and O–H groups in total. The van der Waals surface area contributed by atoms with Crippen molar-refractivity contribution in [3.8, 4) is 5.69 Å². The number of rotatable bonds is 2. The van der Waals surface area contributed by atoms with Gasteiger partial charge >= 0.3 is 0 Å². The summed E-state index contributed by atoms with van der Waals surface area (Å²) in [5, 5.41) is 5.24. The van der Waals surface area contributed by atoms with Crippen molar-refractivity contribution in [2.75, 3.05) is 0 Å². The van der Waals surface area contributed by atoms with Gasteiger partial charge in [0.05, 0.1) is 16.4 Å². The monoisotopic (exact) mass is 302 g/mol. The molecule has 0 aliphatic carbocycles. The summed E-state index contributed by atoms with van der Waals surface area (Å²) in [6.07, 6.45) is 1.68. The van der Waals surface area contributed by atoms with E-state index < -0.39 is 0 Å². The first-order chi connectivity index (χ1) is 7.63. The topological polar surface area (TPSA) is 17.8 Å². The van der Waals surface area contributed by atoms with Gasteiger partial charge in [-0.15, -0.1) is 0 Å². The minimum Gasteiger partial charge on any atom is -0.239 e. The van der Waals surface area contributed by atoms with Crippen molar-refractivity contribution in [3.05, 3.63) is 46.5 Å². The zero-order valence-electron chi connectivity index (χ0n) is 8.54. The number of aromatic nitrogens is 2. The van der Waals surface area contributed by atoms with Crippen molar-refractivity contribution in [1.82, 2.24) is 9.78 Å². The van der Waals surface area contributed by atoms with Crippen LogP contribution in [0.15, 0.2) is 24.4 Å². The molecule has 16 heavy (non-hydrogen) atoms. The van der Waals surface area contributed by atoms with E-state index in [4.69, 9.17) is 11.6 Å². The zero-order chi connectivity index (χ0) is 11.7. The Morgan fingerprint density at radius 2 is 2.25 bits per heavy atom. The Bertz CT molecular complexity index is 505. The van der Waals surface area contributed by atoms with E-state index in [1.54, 1.807) is 16.9 Å². The van der Waals surface area contributed by atoms with E-state index in [1.165, 1.54) is 6.07 Å². The second kappa shape index (κ2) is 4.55. The van der Waals surface area contributed by atoms with Gasteiger partial charge in [0, 0.05) is 17.1 Å². The molecule has 0 amide bonds. The van der Waals surface area contributed by atoms with Crippen molar-refractivity contribution in [1.29, 1.82) is 0 Å². The second-order valence-corrected chi connectivity index (χ2v) is 4.35. The van der Waals surface area contributed by atoms with Gasteiger partial charge in [0.25, 0.3) is 0 Å². The Hall–Kier alpha value is -0.870. The van der Waals surface area contributed by atoms with E-state index in [-0.39, 0.29) is 5.82 Å². The average molecular weight is 304 g/mol. The van der Waals surface area contributed by atoms with Gasteiger partial charge in [-0.25, -0.2) is 9.07 Å². The molecular formula is C11H9BrClFN2. The summed E-state index contributed by atoms with van der Waals surface area (Å²) >= 11 is 9.19. The fourth-order valence-electron chi connectivity index (χ4n) is 1.46. The lowest BCUT2D eigenvalue weighted by Gasteiger charge is -2.07. The Labute approximate surface area is 106 Å². The van der Waals surface area contributed by atoms with Crippen LogP contribution in [0.4, 0.5) is 4.39 Å². The smallest absolute Gasteiger partial charge is 0.129 e. The van der Waals surface area contributed by atoms with Gasteiger partial charge in [0.2, 0.25) is 0 Å². The molecule has 1 heterocycles. The molecule has 0 saturated heterocycles. The maximum absolute atomic E-state index is 13.5. The van der Waals surface area contributed by atoms with E-state index in [0.717, 1.165) is 5.69 Å². The highest BCUT2D eigenvalue weighted by molar-refractivity contribution is 9.08. The lowest BCUT2D eigenvalue weighted by atomic mass is 10.2. The summed E-state index contributed by atoms with van der Waals surface area (Å²) in [7, 11) is 0. The largest absolute Gasteiger partial charge is 0.239 e. The highest BCUT2D eigenvalue weighted by atomic mass is 79.9. The molecule has 0 fully saturated rings. The molecule has 1 aromatic heterocycles. The van der Waals surface area contributed by atoms with Gasteiger partial charge in [-0.1, -0.05) is 33.6 Å². The van der Waals surface area contributed by atoms with Crippen LogP contribution < -0.4 is 0 Å². The van der Waals surface area contributed by atoms with E-state index in [9.17, 15) is 4.39 Å². The molecule has 0 aliphatic heterocycles. The van der Waals surface area contributed by atoms with Crippen molar-refractivity contribution < 1.29 is 4.39 Å². The molecule has 2 aromatic rings. The second-order valence-electron chi connectivity index (χ2n) is 3.38. The van der Waals surface area contributed by atoms with E-state index in [2.05, 4.69) is 21.0 Å². The number of alkyl halides is 1. The minimum atomic E-state index is -0.251. The third kappa shape index (κ3) is 1.99. The van der Waals surface area contributed by atoms with Crippen LogP contribution in [-0.2, 0) is 5.33 Å². The molecule has 0 radical (unpaired) electrons. The van der Waals surface area contributed by atoms with Crippen LogP contribution in [0.3, 0.4) is 0 Å². The summed E-state index contributed by atoms with van der Waals surface area (Å²) in [4.78, 5) is 0. The van der Waals surface area contributed by atoms with Crippen LogP contribution in [-0.4, -0.2) is 9.78 Å². The molecule has 0 unspecified atom stereocenters. The summed E-state index contributed by atoms with van der Waals surface area (Å²) in [6.45, 7) is 1.81. The fraction of sp³-hybridized carbons (Fsp3) is 0.182. The summed E-state index contributed by atoms with van der Waals surface area (Å²) in [5.41, 5.74) is 2.00. The summed E-state index contributed by atoms with van der Waals surface area (Å²) in [6, 6.07) is 4.89. The predicted molar refractivity (Wildman–Crippen MR) is 65.9 cm³/mol. The highest BCUT2D eigenvalue weighted by Crippen LogP contribution is 2.22. The number of hydrogen-bond acceptors (Lipinski definition) is 1. The van der Waals surface area contributed by atoms with Crippen molar-refractivity contribution in [2.45, 2.75) is 12.3 Å². The van der Waals surface area contributed by atoms with Crippen molar-refractivity contribution in [2.24, 2.45) is 0 Å². The lowest BCUT2D eigenvalue weighted by molar-refractivity contribution is 0.614. The first-order valence-electron chi connectivity index (χ1n) is 4.69. The molecular weight excluding hydrogens is 294 g/mol. The molecule has 84 valence electrons. The molecule has 2 nitrogen and oxygen atoms in total. The van der Waals surface area contributed by atoms with Crippen LogP contribution in [0.5, 0.6) is 0 Å². The number of hydrogen-bond donors (Lipinski definition) is 0. The molecule has 5 heteroatoms. The average Bonchev–Trinajstić information content (AvgIpc) is 2.59. The minimum absolute atomic E-state index is 0.251. The maximum atomic E-state index is 13.5. The number of benzene rings is 1. The molecule has 0 bridgehead atoms. The molecule has 0 saturated carbocycles. The molecule has 0 spiro atoms. The quantitative estimate of drug-likeness (QED) is 0.770. The SMILES string of the molecule is Cc1nn(-c2cccc(F)c2CBr)cc1Cl. The third-order valence-electron chi connectivity index (χ3n) is 2.31. The third-order valence-corrected chi connectivity index (χ3v) is 3.25. The van der Waals surface area contributed by atoms with Gasteiger partial charge in [0.1, 0.15) is 5.82 Å². The zero-order valence-corrected chi connectivity index (χ0v) is 10.9. The molecule has 2 rings (SSSR count). The number of halogens is 3. The number of aryl methyl sites for hydroxylation is 1. The van der Waals surface area contributed by atoms with Gasteiger partial charge in [0.15, 0.2) is 0 Å². The van der Waals surface area contributed by atoms with Crippen molar-refractivity contribution >= 4 is 27.5 Å². The van der Waals surface area contributed by atoms with Gasteiger partial charge < -0.3 is 0 Å². The summed E-state index contributed by atoms with van der Waals surface area (Å²) in [5.74, 6) is -0.251. The first-order valence-corrected chi connectivity index (χ1v) is 6.19. The predicted octanol–water partition coefficient (Wildman–Crippen LogP) is 3.87. The van der Waals surface area contributed by atoms with Crippen LogP contribution >= 0.6 is 27.5 Å². The van der Waals surface area contributed by atoms with E-state index in [1.807, 2.05) is 13.0 Å². The summed E-state index contributed by atoms with van der Waals surface area (Å²) < 4.78 is 15.1. The lowest BCUT2D eigenvalue weighted by Crippen LogP contribution is -2.01. The molecule has 0 atom stereocenters.